The van der Waals surface area contributed by atoms with Crippen molar-refractivity contribution in [3.63, 3.8) is 0 Å². The summed E-state index contributed by atoms with van der Waals surface area (Å²) in [7, 11) is 0. The van der Waals surface area contributed by atoms with E-state index in [1.807, 2.05) is 42.5 Å². The van der Waals surface area contributed by atoms with Crippen LogP contribution in [0.3, 0.4) is 0 Å². The summed E-state index contributed by atoms with van der Waals surface area (Å²) in [6.45, 7) is 0. The Morgan fingerprint density at radius 3 is 1.90 bits per heavy atom. The van der Waals surface area contributed by atoms with Gasteiger partial charge in [-0.3, -0.25) is 0 Å². The molecule has 0 radical (unpaired) electrons. The van der Waals surface area contributed by atoms with Gasteiger partial charge in [-0.2, -0.15) is 0 Å². The molecule has 0 aromatic heterocycles. The molecule has 0 aliphatic rings. The van der Waals surface area contributed by atoms with Crippen LogP contribution >= 0.6 is 0 Å². The van der Waals surface area contributed by atoms with E-state index in [9.17, 15) is 5.11 Å². The van der Waals surface area contributed by atoms with E-state index in [1.165, 1.54) is 5.56 Å². The van der Waals surface area contributed by atoms with E-state index in [0.717, 1.165) is 16.7 Å². The minimum absolute atomic E-state index is 0.233. The molecule has 1 atom stereocenters. The topological polar surface area (TPSA) is 46.2 Å². The molecule has 0 aliphatic carbocycles. The lowest BCUT2D eigenvalue weighted by atomic mass is 9.96. The molecule has 0 saturated heterocycles. The van der Waals surface area contributed by atoms with Gasteiger partial charge >= 0.3 is 0 Å². The summed E-state index contributed by atoms with van der Waals surface area (Å²) in [5.41, 5.74) is 10.3. The highest BCUT2D eigenvalue weighted by molar-refractivity contribution is 5.63. The molecule has 3 rings (SSSR count). The Balaban J connectivity index is 1.89. The third-order valence-electron chi connectivity index (χ3n) is 3.65. The summed E-state index contributed by atoms with van der Waals surface area (Å²) in [5, 5.41) is 9.89. The first kappa shape index (κ1) is 13.4. The number of hydrogen-bond donors (Lipinski definition) is 2. The van der Waals surface area contributed by atoms with Gasteiger partial charge in [-0.15, -0.1) is 0 Å². The molecule has 3 N–H and O–H groups in total. The molecule has 0 spiro atoms. The predicted octanol–water partition coefficient (Wildman–Crippen LogP) is 4.11. The SMILES string of the molecule is NC(c1ccc(-c2ccccc2)cc1)c1ccccc1O. The summed E-state index contributed by atoms with van der Waals surface area (Å²) >= 11 is 0. The molecular formula is C19H17NO. The zero-order valence-corrected chi connectivity index (χ0v) is 11.6. The van der Waals surface area contributed by atoms with E-state index in [0.29, 0.717) is 0 Å². The second kappa shape index (κ2) is 5.81. The van der Waals surface area contributed by atoms with Gasteiger partial charge in [0.25, 0.3) is 0 Å². The molecule has 0 amide bonds. The zero-order valence-electron chi connectivity index (χ0n) is 11.6. The first-order valence-electron chi connectivity index (χ1n) is 6.94. The van der Waals surface area contributed by atoms with E-state index in [2.05, 4.69) is 24.3 Å². The van der Waals surface area contributed by atoms with Crippen molar-refractivity contribution < 1.29 is 5.11 Å². The van der Waals surface area contributed by atoms with E-state index in [4.69, 9.17) is 5.73 Å². The van der Waals surface area contributed by atoms with Crippen LogP contribution in [0, 0.1) is 0 Å². The third kappa shape index (κ3) is 2.81. The second-order valence-electron chi connectivity index (χ2n) is 5.02. The smallest absolute Gasteiger partial charge is 0.120 e. The number of nitrogens with two attached hydrogens (primary N) is 1. The molecule has 0 heterocycles. The fourth-order valence-electron chi connectivity index (χ4n) is 2.44. The largest absolute Gasteiger partial charge is 0.508 e. The first-order chi connectivity index (χ1) is 10.3. The van der Waals surface area contributed by atoms with Crippen molar-refractivity contribution >= 4 is 0 Å². The molecule has 21 heavy (non-hydrogen) atoms. The Morgan fingerprint density at radius 1 is 0.667 bits per heavy atom. The van der Waals surface area contributed by atoms with E-state index in [1.54, 1.807) is 12.1 Å². The molecule has 0 bridgehead atoms. The molecule has 104 valence electrons. The van der Waals surface area contributed by atoms with Crippen molar-refractivity contribution in [3.05, 3.63) is 90.0 Å². The Labute approximate surface area is 124 Å². The molecule has 3 aromatic carbocycles. The number of phenolic OH excluding ortho intramolecular Hbond substituents is 1. The lowest BCUT2D eigenvalue weighted by Crippen LogP contribution is -2.11. The van der Waals surface area contributed by atoms with Crippen LogP contribution in [0.1, 0.15) is 17.2 Å². The molecule has 0 aliphatic heterocycles. The zero-order chi connectivity index (χ0) is 14.7. The van der Waals surface area contributed by atoms with E-state index >= 15 is 0 Å². The standard InChI is InChI=1S/C19H17NO/c20-19(17-8-4-5-9-18(17)21)16-12-10-15(11-13-16)14-6-2-1-3-7-14/h1-13,19,21H,20H2. The number of para-hydroxylation sites is 1. The predicted molar refractivity (Wildman–Crippen MR) is 86.0 cm³/mol. The summed E-state index contributed by atoms with van der Waals surface area (Å²) < 4.78 is 0. The highest BCUT2D eigenvalue weighted by Crippen LogP contribution is 2.28. The molecule has 3 aromatic rings. The van der Waals surface area contributed by atoms with Crippen LogP contribution in [-0.2, 0) is 0 Å². The van der Waals surface area contributed by atoms with Crippen molar-refractivity contribution in [2.24, 2.45) is 5.73 Å². The van der Waals surface area contributed by atoms with Gasteiger partial charge in [0, 0.05) is 5.56 Å². The van der Waals surface area contributed by atoms with Gasteiger partial charge in [0.15, 0.2) is 0 Å². The Morgan fingerprint density at radius 2 is 1.24 bits per heavy atom. The first-order valence-corrected chi connectivity index (χ1v) is 6.94. The van der Waals surface area contributed by atoms with E-state index in [-0.39, 0.29) is 11.8 Å². The van der Waals surface area contributed by atoms with Crippen molar-refractivity contribution in [2.75, 3.05) is 0 Å². The summed E-state index contributed by atoms with van der Waals surface area (Å²) in [6.07, 6.45) is 0. The number of phenols is 1. The minimum Gasteiger partial charge on any atom is -0.508 e. The highest BCUT2D eigenvalue weighted by Gasteiger charge is 2.12. The van der Waals surface area contributed by atoms with Crippen LogP contribution in [0.15, 0.2) is 78.9 Å². The minimum atomic E-state index is -0.323. The van der Waals surface area contributed by atoms with Gasteiger partial charge in [0.1, 0.15) is 5.75 Å². The number of benzene rings is 3. The van der Waals surface area contributed by atoms with Gasteiger partial charge in [0.2, 0.25) is 0 Å². The van der Waals surface area contributed by atoms with Crippen LogP contribution in [0.25, 0.3) is 11.1 Å². The molecule has 0 fully saturated rings. The van der Waals surface area contributed by atoms with Crippen molar-refractivity contribution in [1.29, 1.82) is 0 Å². The van der Waals surface area contributed by atoms with Gasteiger partial charge in [-0.05, 0) is 22.8 Å². The van der Waals surface area contributed by atoms with Gasteiger partial charge in [-0.1, -0.05) is 72.8 Å². The normalized spacial score (nSPS) is 12.0. The Bertz CT molecular complexity index is 720. The van der Waals surface area contributed by atoms with Gasteiger partial charge in [0.05, 0.1) is 6.04 Å². The third-order valence-corrected chi connectivity index (χ3v) is 3.65. The monoisotopic (exact) mass is 275 g/mol. The summed E-state index contributed by atoms with van der Waals surface area (Å²) in [6, 6.07) is 25.2. The molecular weight excluding hydrogens is 258 g/mol. The van der Waals surface area contributed by atoms with Crippen LogP contribution in [0.2, 0.25) is 0 Å². The van der Waals surface area contributed by atoms with Crippen molar-refractivity contribution in [1.82, 2.24) is 0 Å². The van der Waals surface area contributed by atoms with Crippen molar-refractivity contribution in [2.45, 2.75) is 6.04 Å². The molecule has 0 saturated carbocycles. The quantitative estimate of drug-likeness (QED) is 0.755. The van der Waals surface area contributed by atoms with Gasteiger partial charge in [-0.25, -0.2) is 0 Å². The second-order valence-corrected chi connectivity index (χ2v) is 5.02. The molecule has 1 unspecified atom stereocenters. The maximum atomic E-state index is 9.89. The molecule has 2 heteroatoms. The van der Waals surface area contributed by atoms with Crippen molar-refractivity contribution in [3.8, 4) is 16.9 Å². The maximum Gasteiger partial charge on any atom is 0.120 e. The lowest BCUT2D eigenvalue weighted by Gasteiger charge is -2.14. The fourth-order valence-corrected chi connectivity index (χ4v) is 2.44. The fraction of sp³-hybridized carbons (Fsp3) is 0.0526. The van der Waals surface area contributed by atoms with Gasteiger partial charge < -0.3 is 10.8 Å². The Kier molecular flexibility index (Phi) is 3.71. The number of rotatable bonds is 3. The van der Waals surface area contributed by atoms with Crippen LogP contribution in [0.4, 0.5) is 0 Å². The summed E-state index contributed by atoms with van der Waals surface area (Å²) in [4.78, 5) is 0. The molecule has 2 nitrogen and oxygen atoms in total. The number of hydrogen-bond acceptors (Lipinski definition) is 2. The summed E-state index contributed by atoms with van der Waals surface area (Å²) in [5.74, 6) is 0.233. The average molecular weight is 275 g/mol. The van der Waals surface area contributed by atoms with Crippen LogP contribution in [0.5, 0.6) is 5.75 Å². The van der Waals surface area contributed by atoms with Crippen LogP contribution in [-0.4, -0.2) is 5.11 Å². The average Bonchev–Trinajstić information content (AvgIpc) is 2.56. The van der Waals surface area contributed by atoms with Crippen LogP contribution < -0.4 is 5.73 Å². The Hall–Kier alpha value is -2.58. The number of aromatic hydroxyl groups is 1. The highest BCUT2D eigenvalue weighted by atomic mass is 16.3. The maximum absolute atomic E-state index is 9.89. The van der Waals surface area contributed by atoms with E-state index < -0.39 is 0 Å². The lowest BCUT2D eigenvalue weighted by molar-refractivity contribution is 0.465.